The van der Waals surface area contributed by atoms with E-state index in [1.54, 1.807) is 14.2 Å². The third kappa shape index (κ3) is 2.32. The molecule has 0 bridgehead atoms. The van der Waals surface area contributed by atoms with Gasteiger partial charge in [-0.05, 0) is 42.4 Å². The summed E-state index contributed by atoms with van der Waals surface area (Å²) >= 11 is 0. The van der Waals surface area contributed by atoms with Crippen molar-refractivity contribution >= 4 is 0 Å². The van der Waals surface area contributed by atoms with Crippen molar-refractivity contribution in [3.63, 3.8) is 0 Å². The van der Waals surface area contributed by atoms with Gasteiger partial charge < -0.3 is 14.6 Å². The minimum atomic E-state index is -0.733. The fraction of sp³-hybridized carbons (Fsp3) is 0.600. The predicted molar refractivity (Wildman–Crippen MR) is 71.1 cm³/mol. The maximum Gasteiger partial charge on any atom is 0.161 e. The smallest absolute Gasteiger partial charge is 0.161 e. The third-order valence-corrected chi connectivity index (χ3v) is 3.91. The average Bonchev–Trinajstić information content (AvgIpc) is 2.64. The number of benzene rings is 1. The van der Waals surface area contributed by atoms with E-state index in [4.69, 9.17) is 9.47 Å². The number of methoxy groups -OCH3 is 2. The van der Waals surface area contributed by atoms with Crippen LogP contribution < -0.4 is 9.47 Å². The highest BCUT2D eigenvalue weighted by Gasteiger charge is 2.43. The first-order valence-corrected chi connectivity index (χ1v) is 6.35. The van der Waals surface area contributed by atoms with E-state index < -0.39 is 5.60 Å². The number of hydrogen-bond acceptors (Lipinski definition) is 3. The van der Waals surface area contributed by atoms with Gasteiger partial charge in [0.05, 0.1) is 19.8 Å². The lowest BCUT2D eigenvalue weighted by atomic mass is 9.86. The van der Waals surface area contributed by atoms with Crippen molar-refractivity contribution in [1.29, 1.82) is 0 Å². The van der Waals surface area contributed by atoms with Crippen LogP contribution in [0.15, 0.2) is 18.2 Å². The summed E-state index contributed by atoms with van der Waals surface area (Å²) < 4.78 is 10.5. The molecule has 1 aliphatic rings. The molecule has 2 rings (SSSR count). The Balaban J connectivity index is 2.34. The van der Waals surface area contributed by atoms with Crippen molar-refractivity contribution in [2.45, 2.75) is 38.7 Å². The zero-order valence-electron chi connectivity index (χ0n) is 11.6. The zero-order valence-corrected chi connectivity index (χ0v) is 11.6. The van der Waals surface area contributed by atoms with Gasteiger partial charge in [0.1, 0.15) is 0 Å². The van der Waals surface area contributed by atoms with Gasteiger partial charge in [-0.2, -0.15) is 0 Å². The SMILES string of the molecule is COc1ccc(C2(O)CCC(C)(C)C2)cc1OC. The molecule has 1 saturated carbocycles. The van der Waals surface area contributed by atoms with Gasteiger partial charge in [0.2, 0.25) is 0 Å². The molecule has 1 fully saturated rings. The molecule has 1 atom stereocenters. The van der Waals surface area contributed by atoms with Gasteiger partial charge in [-0.3, -0.25) is 0 Å². The molecule has 1 aliphatic carbocycles. The summed E-state index contributed by atoms with van der Waals surface area (Å²) in [6.07, 6.45) is 2.63. The lowest BCUT2D eigenvalue weighted by molar-refractivity contribution is 0.0336. The molecule has 0 spiro atoms. The second-order valence-electron chi connectivity index (χ2n) is 5.94. The summed E-state index contributed by atoms with van der Waals surface area (Å²) in [4.78, 5) is 0. The van der Waals surface area contributed by atoms with E-state index in [0.29, 0.717) is 11.5 Å². The monoisotopic (exact) mass is 250 g/mol. The highest BCUT2D eigenvalue weighted by Crippen LogP contribution is 2.49. The van der Waals surface area contributed by atoms with E-state index in [1.807, 2.05) is 18.2 Å². The maximum absolute atomic E-state index is 10.8. The minimum Gasteiger partial charge on any atom is -0.493 e. The van der Waals surface area contributed by atoms with Crippen LogP contribution in [0.4, 0.5) is 0 Å². The van der Waals surface area contributed by atoms with E-state index in [1.165, 1.54) is 0 Å². The summed E-state index contributed by atoms with van der Waals surface area (Å²) in [6, 6.07) is 5.68. The Morgan fingerprint density at radius 1 is 1.06 bits per heavy atom. The molecule has 0 saturated heterocycles. The molecule has 0 radical (unpaired) electrons. The first-order chi connectivity index (χ1) is 8.40. The standard InChI is InChI=1S/C15H22O3/c1-14(2)7-8-15(16,10-14)11-5-6-12(17-3)13(9-11)18-4/h5-6,9,16H,7-8,10H2,1-4H3. The number of hydrogen-bond donors (Lipinski definition) is 1. The molecule has 0 aromatic heterocycles. The summed E-state index contributed by atoms with van der Waals surface area (Å²) in [5.74, 6) is 1.37. The number of aliphatic hydroxyl groups is 1. The molecular formula is C15H22O3. The summed E-state index contributed by atoms with van der Waals surface area (Å²) in [7, 11) is 3.23. The highest BCUT2D eigenvalue weighted by atomic mass is 16.5. The van der Waals surface area contributed by atoms with Crippen molar-refractivity contribution in [3.8, 4) is 11.5 Å². The molecule has 1 N–H and O–H groups in total. The van der Waals surface area contributed by atoms with Crippen LogP contribution in [0.2, 0.25) is 0 Å². The highest BCUT2D eigenvalue weighted by molar-refractivity contribution is 5.44. The Kier molecular flexibility index (Phi) is 3.28. The topological polar surface area (TPSA) is 38.7 Å². The molecule has 1 aromatic carbocycles. The molecule has 18 heavy (non-hydrogen) atoms. The fourth-order valence-electron chi connectivity index (χ4n) is 2.89. The second kappa shape index (κ2) is 4.47. The van der Waals surface area contributed by atoms with Crippen LogP contribution in [0.5, 0.6) is 11.5 Å². The molecule has 100 valence electrons. The van der Waals surface area contributed by atoms with Crippen LogP contribution in [0.1, 0.15) is 38.7 Å². The molecular weight excluding hydrogens is 228 g/mol. The van der Waals surface area contributed by atoms with Crippen LogP contribution in [0, 0.1) is 5.41 Å². The second-order valence-corrected chi connectivity index (χ2v) is 5.94. The van der Waals surface area contributed by atoms with Crippen LogP contribution >= 0.6 is 0 Å². The van der Waals surface area contributed by atoms with Gasteiger partial charge in [-0.25, -0.2) is 0 Å². The lowest BCUT2D eigenvalue weighted by Crippen LogP contribution is -2.23. The number of rotatable bonds is 3. The maximum atomic E-state index is 10.8. The van der Waals surface area contributed by atoms with Gasteiger partial charge in [-0.1, -0.05) is 19.9 Å². The molecule has 0 aliphatic heterocycles. The summed E-state index contributed by atoms with van der Waals surface area (Å²) in [5, 5.41) is 10.8. The van der Waals surface area contributed by atoms with Gasteiger partial charge in [0, 0.05) is 0 Å². The molecule has 1 aromatic rings. The molecule has 1 unspecified atom stereocenters. The van der Waals surface area contributed by atoms with E-state index in [0.717, 1.165) is 24.8 Å². The summed E-state index contributed by atoms with van der Waals surface area (Å²) in [5.41, 5.74) is 0.385. The van der Waals surface area contributed by atoms with Crippen LogP contribution in [-0.2, 0) is 5.60 Å². The quantitative estimate of drug-likeness (QED) is 0.896. The van der Waals surface area contributed by atoms with Crippen LogP contribution in [-0.4, -0.2) is 19.3 Å². The Morgan fingerprint density at radius 2 is 1.72 bits per heavy atom. The molecule has 0 amide bonds. The lowest BCUT2D eigenvalue weighted by Gasteiger charge is -2.26. The average molecular weight is 250 g/mol. The first-order valence-electron chi connectivity index (χ1n) is 6.35. The number of ether oxygens (including phenoxy) is 2. The first kappa shape index (κ1) is 13.2. The Bertz CT molecular complexity index is 439. The van der Waals surface area contributed by atoms with Crippen molar-refractivity contribution < 1.29 is 14.6 Å². The van der Waals surface area contributed by atoms with Crippen molar-refractivity contribution in [1.82, 2.24) is 0 Å². The van der Waals surface area contributed by atoms with Gasteiger partial charge >= 0.3 is 0 Å². The minimum absolute atomic E-state index is 0.196. The van der Waals surface area contributed by atoms with Gasteiger partial charge in [-0.15, -0.1) is 0 Å². The Morgan fingerprint density at radius 3 is 2.22 bits per heavy atom. The van der Waals surface area contributed by atoms with E-state index >= 15 is 0 Å². The van der Waals surface area contributed by atoms with Crippen LogP contribution in [0.25, 0.3) is 0 Å². The molecule has 3 heteroatoms. The van der Waals surface area contributed by atoms with E-state index in [-0.39, 0.29) is 5.41 Å². The Labute approximate surface area is 109 Å². The Hall–Kier alpha value is -1.22. The largest absolute Gasteiger partial charge is 0.493 e. The van der Waals surface area contributed by atoms with Crippen LogP contribution in [0.3, 0.4) is 0 Å². The molecule has 0 heterocycles. The van der Waals surface area contributed by atoms with Gasteiger partial charge in [0.25, 0.3) is 0 Å². The van der Waals surface area contributed by atoms with Crippen molar-refractivity contribution in [2.24, 2.45) is 5.41 Å². The van der Waals surface area contributed by atoms with E-state index in [2.05, 4.69) is 13.8 Å². The molecule has 3 nitrogen and oxygen atoms in total. The normalized spacial score (nSPS) is 26.1. The summed E-state index contributed by atoms with van der Waals surface area (Å²) in [6.45, 7) is 4.40. The van der Waals surface area contributed by atoms with E-state index in [9.17, 15) is 5.11 Å². The van der Waals surface area contributed by atoms with Crippen molar-refractivity contribution in [3.05, 3.63) is 23.8 Å². The zero-order chi connectivity index (χ0) is 13.4. The van der Waals surface area contributed by atoms with Gasteiger partial charge in [0.15, 0.2) is 11.5 Å². The third-order valence-electron chi connectivity index (χ3n) is 3.91. The predicted octanol–water partition coefficient (Wildman–Crippen LogP) is 3.10. The fourth-order valence-corrected chi connectivity index (χ4v) is 2.89. The van der Waals surface area contributed by atoms with Crippen molar-refractivity contribution in [2.75, 3.05) is 14.2 Å².